The summed E-state index contributed by atoms with van der Waals surface area (Å²) >= 11 is 0. The van der Waals surface area contributed by atoms with Gasteiger partial charge in [0.1, 0.15) is 18.7 Å². The zero-order chi connectivity index (χ0) is 48.8. The fourth-order valence-corrected chi connectivity index (χ4v) is 8.42. The minimum absolute atomic E-state index is 0.101. The summed E-state index contributed by atoms with van der Waals surface area (Å²) in [6, 6.07) is 10.9. The molecule has 7 rings (SSSR count). The van der Waals surface area contributed by atoms with Gasteiger partial charge < -0.3 is 55.1 Å². The summed E-state index contributed by atoms with van der Waals surface area (Å²) in [6.45, 7) is 9.51. The van der Waals surface area contributed by atoms with Gasteiger partial charge in [-0.05, 0) is 88.6 Å². The SMILES string of the molecule is COc1cc2c(cc1OCCCCCOc1cc3c(cc1OC)C(=O)N1C=C(C)CC1[C@H](O)N3C(=O)OCc1ccc(NNC(C)C(=O)NC(C(N)=O)C(C)C)cc1)N=CC1CC(C)=CN1C2=O. The molecule has 4 aliphatic heterocycles. The molecule has 4 aliphatic rings. The number of ether oxygens (including phenoxy) is 5. The average Bonchev–Trinajstić information content (AvgIpc) is 3.86. The van der Waals surface area contributed by atoms with Gasteiger partial charge in [-0.25, -0.2) is 15.1 Å². The first kappa shape index (κ1) is 48.8. The molecule has 0 bridgehead atoms. The van der Waals surface area contributed by atoms with Gasteiger partial charge in [0.25, 0.3) is 11.8 Å². The molecular formula is C49H60N8O11. The number of aliphatic hydroxyl groups excluding tert-OH is 1. The molecule has 5 atom stereocenters. The van der Waals surface area contributed by atoms with Crippen LogP contribution < -0.4 is 45.7 Å². The van der Waals surface area contributed by atoms with E-state index in [1.807, 2.05) is 20.0 Å². The molecule has 0 aromatic heterocycles. The average molecular weight is 937 g/mol. The number of hydrogen-bond donors (Lipinski definition) is 5. The lowest BCUT2D eigenvalue weighted by Gasteiger charge is -2.31. The van der Waals surface area contributed by atoms with Crippen LogP contribution in [0.4, 0.5) is 21.9 Å². The third-order valence-corrected chi connectivity index (χ3v) is 12.2. The molecule has 0 aliphatic carbocycles. The second-order valence-corrected chi connectivity index (χ2v) is 17.7. The highest BCUT2D eigenvalue weighted by Crippen LogP contribution is 2.43. The number of hydrazine groups is 1. The summed E-state index contributed by atoms with van der Waals surface area (Å²) in [4.78, 5) is 74.7. The Hall–Kier alpha value is -7.12. The number of aliphatic imine (C=N–C) groups is 1. The zero-order valence-corrected chi connectivity index (χ0v) is 39.4. The molecule has 68 heavy (non-hydrogen) atoms. The second-order valence-electron chi connectivity index (χ2n) is 17.7. The number of nitrogens with one attached hydrogen (secondary N) is 3. The van der Waals surface area contributed by atoms with Crippen molar-refractivity contribution in [2.24, 2.45) is 16.6 Å². The number of carbonyl (C=O) groups is 5. The number of benzene rings is 3. The Kier molecular flexibility index (Phi) is 15.2. The number of nitrogens with two attached hydrogens (primary N) is 1. The second kappa shape index (κ2) is 21.2. The lowest BCUT2D eigenvalue weighted by atomic mass is 10.0. The maximum Gasteiger partial charge on any atom is 0.416 e. The van der Waals surface area contributed by atoms with E-state index in [9.17, 15) is 29.1 Å². The lowest BCUT2D eigenvalue weighted by molar-refractivity contribution is -0.129. The van der Waals surface area contributed by atoms with Gasteiger partial charge in [-0.15, -0.1) is 0 Å². The highest BCUT2D eigenvalue weighted by molar-refractivity contribution is 6.07. The van der Waals surface area contributed by atoms with Crippen molar-refractivity contribution in [1.82, 2.24) is 20.5 Å². The van der Waals surface area contributed by atoms with E-state index >= 15 is 0 Å². The quantitative estimate of drug-likeness (QED) is 0.0719. The molecule has 19 heteroatoms. The number of unbranched alkanes of at least 4 members (excludes halogenated alkanes) is 2. The van der Waals surface area contributed by atoms with Gasteiger partial charge in [-0.3, -0.25) is 24.2 Å². The molecule has 5 amide bonds. The van der Waals surface area contributed by atoms with Crippen LogP contribution in [0.5, 0.6) is 23.0 Å². The predicted octanol–water partition coefficient (Wildman–Crippen LogP) is 5.69. The van der Waals surface area contributed by atoms with Crippen molar-refractivity contribution >= 4 is 53.0 Å². The normalized spacial score (nSPS) is 19.1. The number of fused-ring (bicyclic) bond motifs is 4. The third-order valence-electron chi connectivity index (χ3n) is 12.2. The van der Waals surface area contributed by atoms with Crippen LogP contribution in [-0.2, 0) is 20.9 Å². The molecule has 0 fully saturated rings. The van der Waals surface area contributed by atoms with E-state index in [1.54, 1.807) is 74.5 Å². The Morgan fingerprint density at radius 1 is 0.824 bits per heavy atom. The highest BCUT2D eigenvalue weighted by atomic mass is 16.6. The Balaban J connectivity index is 0.965. The summed E-state index contributed by atoms with van der Waals surface area (Å²) in [5, 5.41) is 14.5. The Morgan fingerprint density at radius 3 is 2.09 bits per heavy atom. The first-order chi connectivity index (χ1) is 32.6. The molecule has 0 radical (unpaired) electrons. The Bertz CT molecular complexity index is 2510. The molecule has 3 aromatic carbocycles. The van der Waals surface area contributed by atoms with Gasteiger partial charge >= 0.3 is 6.09 Å². The van der Waals surface area contributed by atoms with Gasteiger partial charge in [0.15, 0.2) is 29.2 Å². The molecule has 4 heterocycles. The molecule has 19 nitrogen and oxygen atoms in total. The van der Waals surface area contributed by atoms with E-state index in [4.69, 9.17) is 29.4 Å². The van der Waals surface area contributed by atoms with Gasteiger partial charge in [-0.2, -0.15) is 0 Å². The number of anilines is 2. The first-order valence-electron chi connectivity index (χ1n) is 22.7. The van der Waals surface area contributed by atoms with E-state index in [1.165, 1.54) is 31.3 Å². The standard InChI is InChI=1S/C49H60N8O11/c1-27(2)43(44(50)58)52-45(59)30(5)53-54-32-13-11-31(12-14-32)26-68-49(63)57-37-22-42(40(65-7)20-35(37)47(61)56-25-29(4)18-38(56)48(57)62)67-16-10-8-9-15-66-41-21-36-34(19-39(41)64-6)46(60)55-24-28(3)17-33(55)23-51-36/h11-14,19-25,27,30,33,38,43,48,53-54,62H,8-10,15-18,26H2,1-7H3,(H2,50,58)(H,52,59)/t30?,33?,38?,43?,48-/m0/s1. The summed E-state index contributed by atoms with van der Waals surface area (Å²) in [5.41, 5.74) is 15.7. The number of nitrogens with zero attached hydrogens (tertiary/aromatic N) is 4. The van der Waals surface area contributed by atoms with Gasteiger partial charge in [0.2, 0.25) is 11.8 Å². The number of carbonyl (C=O) groups excluding carboxylic acids is 5. The maximum absolute atomic E-state index is 14.1. The van der Waals surface area contributed by atoms with Crippen molar-refractivity contribution in [1.29, 1.82) is 0 Å². The molecule has 4 unspecified atom stereocenters. The van der Waals surface area contributed by atoms with Crippen LogP contribution in [0.15, 0.2) is 77.1 Å². The maximum atomic E-state index is 14.1. The van der Waals surface area contributed by atoms with Crippen LogP contribution >= 0.6 is 0 Å². The summed E-state index contributed by atoms with van der Waals surface area (Å²) in [5.74, 6) is -0.306. The van der Waals surface area contributed by atoms with Crippen LogP contribution in [-0.4, -0.2) is 109 Å². The first-order valence-corrected chi connectivity index (χ1v) is 22.7. The lowest BCUT2D eigenvalue weighted by Crippen LogP contribution is -2.53. The van der Waals surface area contributed by atoms with E-state index < -0.39 is 48.2 Å². The predicted molar refractivity (Wildman–Crippen MR) is 253 cm³/mol. The van der Waals surface area contributed by atoms with Crippen molar-refractivity contribution in [3.05, 3.63) is 88.8 Å². The number of aliphatic hydroxyl groups is 1. The van der Waals surface area contributed by atoms with Crippen molar-refractivity contribution in [2.45, 2.75) is 104 Å². The van der Waals surface area contributed by atoms with Crippen molar-refractivity contribution in [2.75, 3.05) is 37.8 Å². The number of amides is 5. The monoisotopic (exact) mass is 936 g/mol. The highest BCUT2D eigenvalue weighted by Gasteiger charge is 2.45. The van der Waals surface area contributed by atoms with Crippen LogP contribution in [0, 0.1) is 5.92 Å². The fraction of sp³-hybridized carbons (Fsp3) is 0.429. The van der Waals surface area contributed by atoms with E-state index in [-0.39, 0.29) is 53.8 Å². The van der Waals surface area contributed by atoms with Crippen LogP contribution in [0.3, 0.4) is 0 Å². The van der Waals surface area contributed by atoms with Crippen LogP contribution in [0.1, 0.15) is 93.0 Å². The molecular weight excluding hydrogens is 877 g/mol. The Morgan fingerprint density at radius 2 is 1.44 bits per heavy atom. The zero-order valence-electron chi connectivity index (χ0n) is 39.4. The third kappa shape index (κ3) is 10.7. The molecule has 6 N–H and O–H groups in total. The smallest absolute Gasteiger partial charge is 0.416 e. The van der Waals surface area contributed by atoms with Crippen molar-refractivity contribution in [3.63, 3.8) is 0 Å². The van der Waals surface area contributed by atoms with E-state index in [0.717, 1.165) is 28.9 Å². The number of methoxy groups -OCH3 is 2. The minimum Gasteiger partial charge on any atom is -0.493 e. The van der Waals surface area contributed by atoms with Crippen molar-refractivity contribution < 1.29 is 52.8 Å². The molecule has 3 aromatic rings. The number of hydrogen-bond acceptors (Lipinski definition) is 14. The van der Waals surface area contributed by atoms with Crippen LogP contribution in [0.2, 0.25) is 0 Å². The van der Waals surface area contributed by atoms with Crippen molar-refractivity contribution in [3.8, 4) is 23.0 Å². The van der Waals surface area contributed by atoms with Gasteiger partial charge in [0.05, 0.1) is 62.0 Å². The molecule has 0 spiro atoms. The fourth-order valence-electron chi connectivity index (χ4n) is 8.42. The van der Waals surface area contributed by atoms with Crippen LogP contribution in [0.25, 0.3) is 0 Å². The number of rotatable bonds is 19. The largest absolute Gasteiger partial charge is 0.493 e. The summed E-state index contributed by atoms with van der Waals surface area (Å²) in [7, 11) is 2.99. The van der Waals surface area contributed by atoms with Gasteiger partial charge in [0, 0.05) is 36.4 Å². The summed E-state index contributed by atoms with van der Waals surface area (Å²) < 4.78 is 29.3. The van der Waals surface area contributed by atoms with Gasteiger partial charge in [-0.1, -0.05) is 37.1 Å². The topological polar surface area (TPSA) is 236 Å². The Labute approximate surface area is 395 Å². The molecule has 0 saturated carbocycles. The van der Waals surface area contributed by atoms with E-state index in [0.29, 0.717) is 59.9 Å². The number of primary amides is 1. The minimum atomic E-state index is -1.47. The summed E-state index contributed by atoms with van der Waals surface area (Å²) in [6.07, 6.45) is 6.08. The molecule has 0 saturated heterocycles. The molecule has 362 valence electrons. The van der Waals surface area contributed by atoms with E-state index in [2.05, 4.69) is 21.2 Å².